The average Bonchev–Trinajstić information content (AvgIpc) is 2.86. The minimum Gasteiger partial charge on any atom is -0.483 e. The summed E-state index contributed by atoms with van der Waals surface area (Å²) in [6.07, 6.45) is 1.56. The smallest absolute Gasteiger partial charge is 0.340 e. The number of anilines is 1. The molecule has 1 aliphatic carbocycles. The van der Waals surface area contributed by atoms with E-state index in [9.17, 15) is 14.4 Å². The van der Waals surface area contributed by atoms with Crippen molar-refractivity contribution in [2.24, 2.45) is 11.1 Å². The van der Waals surface area contributed by atoms with E-state index in [-0.39, 0.29) is 41.8 Å². The number of para-hydroxylation sites is 2. The molecule has 8 heteroatoms. The second kappa shape index (κ2) is 11.1. The molecule has 38 heavy (non-hydrogen) atoms. The summed E-state index contributed by atoms with van der Waals surface area (Å²) < 4.78 is 17.1. The maximum atomic E-state index is 13.4. The summed E-state index contributed by atoms with van der Waals surface area (Å²) in [4.78, 5) is 39.3. The predicted molar refractivity (Wildman–Crippen MR) is 143 cm³/mol. The van der Waals surface area contributed by atoms with Gasteiger partial charge < -0.3 is 25.3 Å². The number of benzene rings is 2. The molecule has 2 aromatic rings. The minimum atomic E-state index is -0.846. The molecule has 0 aromatic heterocycles. The molecule has 8 nitrogen and oxygen atoms in total. The number of nitrogens with two attached hydrogens (primary N) is 1. The minimum absolute atomic E-state index is 0.0519. The van der Waals surface area contributed by atoms with Crippen LogP contribution in [0.25, 0.3) is 0 Å². The third-order valence-corrected chi connectivity index (χ3v) is 6.71. The first kappa shape index (κ1) is 27.0. The Labute approximate surface area is 222 Å². The Balaban J connectivity index is 1.69. The van der Waals surface area contributed by atoms with Crippen LogP contribution in [0.15, 0.2) is 71.3 Å². The molecule has 1 atom stereocenters. The van der Waals surface area contributed by atoms with Gasteiger partial charge >= 0.3 is 5.97 Å². The van der Waals surface area contributed by atoms with E-state index < -0.39 is 11.9 Å². The van der Waals surface area contributed by atoms with Gasteiger partial charge in [-0.3, -0.25) is 9.59 Å². The molecule has 0 saturated heterocycles. The Morgan fingerprint density at radius 3 is 2.53 bits per heavy atom. The van der Waals surface area contributed by atoms with Crippen LogP contribution in [0.4, 0.5) is 5.69 Å². The van der Waals surface area contributed by atoms with Gasteiger partial charge in [0.2, 0.25) is 5.88 Å². The number of hydrogen-bond acceptors (Lipinski definition) is 7. The number of ketones is 1. The van der Waals surface area contributed by atoms with Crippen molar-refractivity contribution in [3.63, 3.8) is 0 Å². The van der Waals surface area contributed by atoms with Crippen molar-refractivity contribution < 1.29 is 28.6 Å². The van der Waals surface area contributed by atoms with E-state index in [2.05, 4.69) is 5.32 Å². The molecule has 1 heterocycles. The van der Waals surface area contributed by atoms with Crippen LogP contribution in [0.5, 0.6) is 5.75 Å². The molecule has 2 aromatic carbocycles. The van der Waals surface area contributed by atoms with E-state index in [4.69, 9.17) is 19.9 Å². The molecular formula is C30H34N2O6. The first-order chi connectivity index (χ1) is 18.1. The third kappa shape index (κ3) is 5.59. The molecule has 0 fully saturated rings. The fourth-order valence-electron chi connectivity index (χ4n) is 5.03. The molecular weight excluding hydrogens is 484 g/mol. The number of nitrogens with one attached hydrogen (secondary N) is 1. The fourth-order valence-corrected chi connectivity index (χ4v) is 5.03. The van der Waals surface area contributed by atoms with Crippen molar-refractivity contribution in [3.05, 3.63) is 82.4 Å². The van der Waals surface area contributed by atoms with Crippen LogP contribution in [-0.2, 0) is 30.3 Å². The standard InChI is InChI=1S/C30H34N2O6/c1-5-18-11-7-9-13-20(18)32-24(34)17-37-22-14-10-8-12-19(22)25-26-21(33)15-30(3,4)16-23(26)38-28(31)27(25)29(35)36-6-2/h7-14,25H,5-6,15-17,31H2,1-4H3,(H,32,34). The number of amides is 1. The van der Waals surface area contributed by atoms with Crippen LogP contribution < -0.4 is 15.8 Å². The van der Waals surface area contributed by atoms with E-state index in [0.29, 0.717) is 35.5 Å². The lowest BCUT2D eigenvalue weighted by atomic mass is 9.70. The topological polar surface area (TPSA) is 117 Å². The number of aryl methyl sites for hydroxylation is 1. The van der Waals surface area contributed by atoms with Crippen LogP contribution in [0, 0.1) is 5.41 Å². The van der Waals surface area contributed by atoms with Gasteiger partial charge in [0.15, 0.2) is 12.4 Å². The number of rotatable bonds is 8. The van der Waals surface area contributed by atoms with Crippen LogP contribution in [-0.4, -0.2) is 30.9 Å². The summed E-state index contributed by atoms with van der Waals surface area (Å²) in [5.74, 6) is -1.25. The highest BCUT2D eigenvalue weighted by Crippen LogP contribution is 2.49. The number of ether oxygens (including phenoxy) is 3. The highest BCUT2D eigenvalue weighted by molar-refractivity contribution is 6.04. The van der Waals surface area contributed by atoms with Gasteiger partial charge in [0.1, 0.15) is 17.1 Å². The quantitative estimate of drug-likeness (QED) is 0.484. The zero-order valence-electron chi connectivity index (χ0n) is 22.3. The number of esters is 1. The Hall–Kier alpha value is -4.07. The first-order valence-electron chi connectivity index (χ1n) is 12.9. The molecule has 1 unspecified atom stereocenters. The Bertz CT molecular complexity index is 1320. The number of hydrogen-bond donors (Lipinski definition) is 2. The zero-order valence-corrected chi connectivity index (χ0v) is 22.3. The van der Waals surface area contributed by atoms with Gasteiger partial charge in [-0.05, 0) is 36.5 Å². The molecule has 0 saturated carbocycles. The summed E-state index contributed by atoms with van der Waals surface area (Å²) in [5, 5.41) is 2.89. The zero-order chi connectivity index (χ0) is 27.4. The third-order valence-electron chi connectivity index (χ3n) is 6.71. The molecule has 200 valence electrons. The largest absolute Gasteiger partial charge is 0.483 e. The van der Waals surface area contributed by atoms with E-state index in [1.165, 1.54) is 0 Å². The van der Waals surface area contributed by atoms with Crippen LogP contribution >= 0.6 is 0 Å². The summed E-state index contributed by atoms with van der Waals surface area (Å²) in [6.45, 7) is 7.55. The van der Waals surface area contributed by atoms with Gasteiger partial charge in [0, 0.05) is 29.7 Å². The van der Waals surface area contributed by atoms with Gasteiger partial charge in [-0.15, -0.1) is 0 Å². The van der Waals surface area contributed by atoms with Gasteiger partial charge in [0.25, 0.3) is 5.91 Å². The van der Waals surface area contributed by atoms with Crippen molar-refractivity contribution in [3.8, 4) is 5.75 Å². The maximum absolute atomic E-state index is 13.4. The van der Waals surface area contributed by atoms with E-state index in [1.54, 1.807) is 31.2 Å². The molecule has 0 radical (unpaired) electrons. The lowest BCUT2D eigenvalue weighted by molar-refractivity contribution is -0.139. The van der Waals surface area contributed by atoms with E-state index in [1.807, 2.05) is 45.0 Å². The van der Waals surface area contributed by atoms with Crippen molar-refractivity contribution in [1.29, 1.82) is 0 Å². The molecule has 4 rings (SSSR count). The lowest BCUT2D eigenvalue weighted by Gasteiger charge is -2.38. The maximum Gasteiger partial charge on any atom is 0.340 e. The Kier molecular flexibility index (Phi) is 7.90. The van der Waals surface area contributed by atoms with Crippen molar-refractivity contribution in [2.45, 2.75) is 52.9 Å². The van der Waals surface area contributed by atoms with E-state index in [0.717, 1.165) is 17.7 Å². The fraction of sp³-hybridized carbons (Fsp3) is 0.367. The van der Waals surface area contributed by atoms with Gasteiger partial charge in [0.05, 0.1) is 12.5 Å². The lowest BCUT2D eigenvalue weighted by Crippen LogP contribution is -2.36. The Morgan fingerprint density at radius 2 is 1.79 bits per heavy atom. The monoisotopic (exact) mass is 518 g/mol. The summed E-state index contributed by atoms with van der Waals surface area (Å²) >= 11 is 0. The normalized spacial score (nSPS) is 18.4. The Morgan fingerprint density at radius 1 is 1.08 bits per heavy atom. The van der Waals surface area contributed by atoms with Crippen molar-refractivity contribution in [2.75, 3.05) is 18.5 Å². The number of carbonyl (C=O) groups excluding carboxylic acids is 3. The number of Topliss-reactive ketones (excluding diaryl/α,β-unsaturated/α-hetero) is 1. The van der Waals surface area contributed by atoms with Gasteiger partial charge in [-0.1, -0.05) is 57.2 Å². The highest BCUT2D eigenvalue weighted by Gasteiger charge is 2.45. The molecule has 0 bridgehead atoms. The second-order valence-electron chi connectivity index (χ2n) is 10.2. The summed E-state index contributed by atoms with van der Waals surface area (Å²) in [5.41, 5.74) is 8.66. The molecule has 3 N–H and O–H groups in total. The number of carbonyl (C=O) groups is 3. The van der Waals surface area contributed by atoms with Crippen molar-refractivity contribution in [1.82, 2.24) is 0 Å². The van der Waals surface area contributed by atoms with Gasteiger partial charge in [-0.2, -0.15) is 0 Å². The molecule has 1 amide bonds. The average molecular weight is 519 g/mol. The van der Waals surface area contributed by atoms with Crippen LogP contribution in [0.1, 0.15) is 57.6 Å². The van der Waals surface area contributed by atoms with E-state index >= 15 is 0 Å². The summed E-state index contributed by atoms with van der Waals surface area (Å²) in [7, 11) is 0. The summed E-state index contributed by atoms with van der Waals surface area (Å²) in [6, 6.07) is 14.6. The van der Waals surface area contributed by atoms with Gasteiger partial charge in [-0.25, -0.2) is 4.79 Å². The highest BCUT2D eigenvalue weighted by atomic mass is 16.5. The molecule has 2 aliphatic rings. The predicted octanol–water partition coefficient (Wildman–Crippen LogP) is 4.76. The van der Waals surface area contributed by atoms with Crippen LogP contribution in [0.3, 0.4) is 0 Å². The number of allylic oxidation sites excluding steroid dienone is 2. The second-order valence-corrected chi connectivity index (χ2v) is 10.2. The molecule has 0 spiro atoms. The van der Waals surface area contributed by atoms with Crippen LogP contribution in [0.2, 0.25) is 0 Å². The molecule has 1 aliphatic heterocycles. The van der Waals surface area contributed by atoms with Crippen molar-refractivity contribution >= 4 is 23.3 Å². The first-order valence-corrected chi connectivity index (χ1v) is 12.9. The SMILES string of the molecule is CCOC(=O)C1=C(N)OC2=C(C(=O)CC(C)(C)C2)C1c1ccccc1OCC(=O)Nc1ccccc1CC.